The summed E-state index contributed by atoms with van der Waals surface area (Å²) in [7, 11) is 1.79. The van der Waals surface area contributed by atoms with Crippen molar-refractivity contribution in [3.05, 3.63) is 58.1 Å². The molecule has 0 aliphatic heterocycles. The van der Waals surface area contributed by atoms with E-state index in [9.17, 15) is 13.2 Å². The Bertz CT molecular complexity index is 900. The summed E-state index contributed by atoms with van der Waals surface area (Å²) >= 11 is 7.60. The van der Waals surface area contributed by atoms with Gasteiger partial charge in [0.15, 0.2) is 0 Å². The fourth-order valence-electron chi connectivity index (χ4n) is 2.91. The lowest BCUT2D eigenvalue weighted by atomic mass is 10.00. The molecule has 0 saturated heterocycles. The van der Waals surface area contributed by atoms with Gasteiger partial charge in [-0.05, 0) is 24.1 Å². The van der Waals surface area contributed by atoms with Gasteiger partial charge in [0.05, 0.1) is 27.5 Å². The maximum absolute atomic E-state index is 13.2. The number of thiophene rings is 1. The number of benzene rings is 1. The molecule has 9 heteroatoms. The molecule has 0 amide bonds. The standard InChI is InChI=1S/C18H18ClF3N4S/c1-26-17(15(19)9-24-26)12-7-16(27-10-12)25-13(8-23)6-11-4-2-3-5-14(11)18(20,21)22/h2-5,7,9-10,13,25H,6,8,23H2,1H3/t13-/m0/s1. The molecule has 0 unspecified atom stereocenters. The molecular weight excluding hydrogens is 397 g/mol. The molecule has 3 aromatic rings. The summed E-state index contributed by atoms with van der Waals surface area (Å²) in [6.45, 7) is 0.200. The van der Waals surface area contributed by atoms with Crippen molar-refractivity contribution in [2.75, 3.05) is 11.9 Å². The van der Waals surface area contributed by atoms with E-state index in [0.29, 0.717) is 5.02 Å². The Morgan fingerprint density at radius 1 is 1.33 bits per heavy atom. The van der Waals surface area contributed by atoms with Gasteiger partial charge in [-0.3, -0.25) is 4.68 Å². The summed E-state index contributed by atoms with van der Waals surface area (Å²) in [5.74, 6) is 0. The number of aryl methyl sites for hydroxylation is 1. The molecule has 144 valence electrons. The zero-order valence-corrected chi connectivity index (χ0v) is 16.0. The van der Waals surface area contributed by atoms with E-state index in [4.69, 9.17) is 17.3 Å². The van der Waals surface area contributed by atoms with E-state index in [1.807, 2.05) is 11.4 Å². The molecule has 0 saturated carbocycles. The van der Waals surface area contributed by atoms with Gasteiger partial charge in [0, 0.05) is 30.6 Å². The molecule has 0 fully saturated rings. The highest BCUT2D eigenvalue weighted by atomic mass is 35.5. The molecule has 0 aliphatic carbocycles. The van der Waals surface area contributed by atoms with E-state index in [2.05, 4.69) is 10.4 Å². The van der Waals surface area contributed by atoms with E-state index in [1.54, 1.807) is 24.0 Å². The molecule has 1 aromatic carbocycles. The molecule has 2 aromatic heterocycles. The molecule has 4 nitrogen and oxygen atoms in total. The van der Waals surface area contributed by atoms with Crippen LogP contribution in [0.1, 0.15) is 11.1 Å². The summed E-state index contributed by atoms with van der Waals surface area (Å²) in [6.07, 6.45) is -2.65. The van der Waals surface area contributed by atoms with Gasteiger partial charge < -0.3 is 11.1 Å². The molecule has 3 N–H and O–H groups in total. The molecule has 27 heavy (non-hydrogen) atoms. The maximum atomic E-state index is 13.2. The van der Waals surface area contributed by atoms with E-state index >= 15 is 0 Å². The van der Waals surface area contributed by atoms with E-state index in [-0.39, 0.29) is 24.6 Å². The minimum absolute atomic E-state index is 0.173. The first-order chi connectivity index (χ1) is 12.8. The Morgan fingerprint density at radius 2 is 2.07 bits per heavy atom. The van der Waals surface area contributed by atoms with Crippen LogP contribution in [-0.2, 0) is 19.6 Å². The second-order valence-electron chi connectivity index (χ2n) is 6.10. The highest BCUT2D eigenvalue weighted by Crippen LogP contribution is 2.35. The van der Waals surface area contributed by atoms with E-state index in [0.717, 1.165) is 22.3 Å². The molecule has 1 atom stereocenters. The second kappa shape index (κ2) is 7.92. The van der Waals surface area contributed by atoms with Crippen LogP contribution in [0.15, 0.2) is 41.9 Å². The van der Waals surface area contributed by atoms with Crippen molar-refractivity contribution in [2.45, 2.75) is 18.6 Å². The minimum Gasteiger partial charge on any atom is -0.373 e. The van der Waals surface area contributed by atoms with Crippen LogP contribution >= 0.6 is 22.9 Å². The predicted molar refractivity (Wildman–Crippen MR) is 103 cm³/mol. The number of anilines is 1. The summed E-state index contributed by atoms with van der Waals surface area (Å²) in [5, 5.41) is 10.6. The fraction of sp³-hybridized carbons (Fsp3) is 0.278. The highest BCUT2D eigenvalue weighted by molar-refractivity contribution is 7.14. The van der Waals surface area contributed by atoms with Gasteiger partial charge in [-0.1, -0.05) is 29.8 Å². The summed E-state index contributed by atoms with van der Waals surface area (Å²) in [5.41, 5.74) is 7.07. The third-order valence-electron chi connectivity index (χ3n) is 4.19. The van der Waals surface area contributed by atoms with Crippen molar-refractivity contribution >= 4 is 27.9 Å². The van der Waals surface area contributed by atoms with E-state index in [1.165, 1.54) is 23.5 Å². The van der Waals surface area contributed by atoms with Gasteiger partial charge in [0.25, 0.3) is 0 Å². The molecule has 3 rings (SSSR count). The molecular formula is C18H18ClF3N4S. The predicted octanol–water partition coefficient (Wildman–Crippen LogP) is 4.80. The number of hydrogen-bond donors (Lipinski definition) is 2. The Morgan fingerprint density at radius 3 is 2.70 bits per heavy atom. The van der Waals surface area contributed by atoms with Gasteiger partial charge in [-0.25, -0.2) is 0 Å². The lowest BCUT2D eigenvalue weighted by Crippen LogP contribution is -2.31. The zero-order valence-electron chi connectivity index (χ0n) is 14.4. The van der Waals surface area contributed by atoms with E-state index < -0.39 is 11.7 Å². The number of nitrogens with one attached hydrogen (secondary N) is 1. The van der Waals surface area contributed by atoms with Crippen LogP contribution in [0.25, 0.3) is 11.3 Å². The first kappa shape index (κ1) is 19.7. The Hall–Kier alpha value is -2.03. The normalized spacial score (nSPS) is 13.0. The minimum atomic E-state index is -4.39. The number of rotatable bonds is 6. The first-order valence-electron chi connectivity index (χ1n) is 8.17. The van der Waals surface area contributed by atoms with Gasteiger partial charge in [0.1, 0.15) is 0 Å². The lowest BCUT2D eigenvalue weighted by Gasteiger charge is -2.19. The highest BCUT2D eigenvalue weighted by Gasteiger charge is 2.33. The fourth-order valence-corrected chi connectivity index (χ4v) is 4.04. The van der Waals surface area contributed by atoms with Crippen LogP contribution in [-0.4, -0.2) is 22.4 Å². The SMILES string of the molecule is Cn1ncc(Cl)c1-c1csc(N[C@H](CN)Cc2ccccc2C(F)(F)F)c1. The number of halogens is 4. The Kier molecular flexibility index (Phi) is 5.78. The average molecular weight is 415 g/mol. The zero-order chi connectivity index (χ0) is 19.6. The monoisotopic (exact) mass is 414 g/mol. The van der Waals surface area contributed by atoms with Gasteiger partial charge in [-0.2, -0.15) is 18.3 Å². The quantitative estimate of drug-likeness (QED) is 0.609. The third kappa shape index (κ3) is 4.45. The van der Waals surface area contributed by atoms with Crippen LogP contribution in [0, 0.1) is 0 Å². The van der Waals surface area contributed by atoms with Crippen LogP contribution in [0.3, 0.4) is 0 Å². The van der Waals surface area contributed by atoms with Crippen molar-refractivity contribution in [1.82, 2.24) is 9.78 Å². The summed E-state index contributed by atoms with van der Waals surface area (Å²) in [4.78, 5) is 0. The maximum Gasteiger partial charge on any atom is 0.416 e. The number of hydrogen-bond acceptors (Lipinski definition) is 4. The summed E-state index contributed by atoms with van der Waals surface area (Å²) in [6, 6.07) is 7.14. The van der Waals surface area contributed by atoms with Gasteiger partial charge in [0.2, 0.25) is 0 Å². The number of aromatic nitrogens is 2. The Balaban J connectivity index is 1.78. The molecule has 0 spiro atoms. The lowest BCUT2D eigenvalue weighted by molar-refractivity contribution is -0.138. The van der Waals surface area contributed by atoms with Crippen molar-refractivity contribution in [3.8, 4) is 11.3 Å². The van der Waals surface area contributed by atoms with Crippen molar-refractivity contribution in [2.24, 2.45) is 12.8 Å². The summed E-state index contributed by atoms with van der Waals surface area (Å²) < 4.78 is 41.3. The smallest absolute Gasteiger partial charge is 0.373 e. The van der Waals surface area contributed by atoms with Gasteiger partial charge in [-0.15, -0.1) is 11.3 Å². The molecule has 2 heterocycles. The van der Waals surface area contributed by atoms with Crippen LogP contribution < -0.4 is 11.1 Å². The topological polar surface area (TPSA) is 55.9 Å². The second-order valence-corrected chi connectivity index (χ2v) is 7.42. The van der Waals surface area contributed by atoms with Gasteiger partial charge >= 0.3 is 6.18 Å². The Labute approximate surface area is 163 Å². The number of nitrogens with zero attached hydrogens (tertiary/aromatic N) is 2. The average Bonchev–Trinajstić information content (AvgIpc) is 3.20. The van der Waals surface area contributed by atoms with Crippen molar-refractivity contribution in [1.29, 1.82) is 0 Å². The van der Waals surface area contributed by atoms with Crippen molar-refractivity contribution in [3.63, 3.8) is 0 Å². The third-order valence-corrected chi connectivity index (χ3v) is 5.33. The number of nitrogens with two attached hydrogens (primary N) is 1. The molecule has 0 radical (unpaired) electrons. The van der Waals surface area contributed by atoms with Crippen LogP contribution in [0.4, 0.5) is 18.2 Å². The molecule has 0 bridgehead atoms. The molecule has 0 aliphatic rings. The number of alkyl halides is 3. The largest absolute Gasteiger partial charge is 0.416 e. The van der Waals surface area contributed by atoms with Crippen LogP contribution in [0.5, 0.6) is 0 Å². The van der Waals surface area contributed by atoms with Crippen molar-refractivity contribution < 1.29 is 13.2 Å². The van der Waals surface area contributed by atoms with Crippen LogP contribution in [0.2, 0.25) is 5.02 Å². The first-order valence-corrected chi connectivity index (χ1v) is 9.43.